The van der Waals surface area contributed by atoms with Gasteiger partial charge in [-0.05, 0) is 31.5 Å². The first-order valence-corrected chi connectivity index (χ1v) is 12.0. The van der Waals surface area contributed by atoms with Crippen LogP contribution in [0, 0.1) is 0 Å². The summed E-state index contributed by atoms with van der Waals surface area (Å²) in [6.45, 7) is 6.60. The monoisotopic (exact) mass is 500 g/mol. The average molecular weight is 501 g/mol. The van der Waals surface area contributed by atoms with E-state index < -0.39 is 5.54 Å². The molecule has 0 fully saturated rings. The van der Waals surface area contributed by atoms with Gasteiger partial charge in [0.15, 0.2) is 5.82 Å². The minimum absolute atomic E-state index is 0.0808. The van der Waals surface area contributed by atoms with Crippen LogP contribution in [-0.2, 0) is 11.3 Å². The molecule has 0 spiro atoms. The fourth-order valence-corrected chi connectivity index (χ4v) is 3.85. The number of amides is 1. The van der Waals surface area contributed by atoms with Gasteiger partial charge in [0.05, 0.1) is 30.3 Å². The molecule has 3 aromatic rings. The molecule has 0 unspecified atom stereocenters. The fraction of sp³-hybridized carbons (Fsp3) is 0.440. The van der Waals surface area contributed by atoms with E-state index in [9.17, 15) is 4.79 Å². The van der Waals surface area contributed by atoms with E-state index in [1.807, 2.05) is 18.2 Å². The highest BCUT2D eigenvalue weighted by Crippen LogP contribution is 2.28. The van der Waals surface area contributed by atoms with Gasteiger partial charge in [-0.3, -0.25) is 4.79 Å². The number of hydrogen-bond donors (Lipinski definition) is 3. The van der Waals surface area contributed by atoms with Crippen LogP contribution >= 0.6 is 11.6 Å². The van der Waals surface area contributed by atoms with Gasteiger partial charge in [-0.2, -0.15) is 4.98 Å². The summed E-state index contributed by atoms with van der Waals surface area (Å²) in [6.07, 6.45) is 4.44. The molecular weight excluding hydrogens is 468 g/mol. The molecule has 1 amide bonds. The summed E-state index contributed by atoms with van der Waals surface area (Å²) in [5.74, 6) is 2.32. The minimum Gasteiger partial charge on any atom is -0.497 e. The Morgan fingerprint density at radius 2 is 1.97 bits per heavy atom. The number of ether oxygens (including phenoxy) is 2. The first-order chi connectivity index (χ1) is 16.8. The van der Waals surface area contributed by atoms with Gasteiger partial charge in [0.1, 0.15) is 17.0 Å². The smallest absolute Gasteiger partial charge is 0.225 e. The van der Waals surface area contributed by atoms with Gasteiger partial charge in [-0.15, -0.1) is 0 Å². The molecular formula is C25H33ClN6O3. The quantitative estimate of drug-likeness (QED) is 0.325. The molecule has 0 aliphatic rings. The standard InChI is InChI=1S/C25H33ClN6O3/c1-6-7-10-25(3,15-29-16(2)33)32-23-22-20(11-18(26)14-27-22)30-24(31-23)28-13-17-8-9-19(34-4)12-21(17)35-5/h8-9,11-12,14H,6-7,10,13,15H2,1-5H3,(H,29,33)(H2,28,30,31,32)/t25-/m1/s1. The molecule has 9 nitrogen and oxygen atoms in total. The number of benzene rings is 1. The molecule has 3 N–H and O–H groups in total. The summed E-state index contributed by atoms with van der Waals surface area (Å²) >= 11 is 6.21. The Labute approximate surface area is 211 Å². The number of halogens is 1. The highest BCUT2D eigenvalue weighted by atomic mass is 35.5. The third-order valence-electron chi connectivity index (χ3n) is 5.66. The molecule has 1 atom stereocenters. The van der Waals surface area contributed by atoms with E-state index in [1.165, 1.54) is 6.92 Å². The van der Waals surface area contributed by atoms with Crippen molar-refractivity contribution < 1.29 is 14.3 Å². The van der Waals surface area contributed by atoms with Crippen LogP contribution in [0.4, 0.5) is 11.8 Å². The Hall–Kier alpha value is -3.33. The van der Waals surface area contributed by atoms with Gasteiger partial charge in [-0.1, -0.05) is 31.4 Å². The number of aromatic nitrogens is 3. The highest BCUT2D eigenvalue weighted by Gasteiger charge is 2.26. The Balaban J connectivity index is 1.94. The maximum absolute atomic E-state index is 11.6. The Kier molecular flexibility index (Phi) is 8.92. The zero-order chi connectivity index (χ0) is 25.4. The molecule has 2 heterocycles. The lowest BCUT2D eigenvalue weighted by Crippen LogP contribution is -2.46. The molecule has 188 valence electrons. The number of nitrogens with zero attached hydrogens (tertiary/aromatic N) is 3. The summed E-state index contributed by atoms with van der Waals surface area (Å²) in [5.41, 5.74) is 1.71. The molecule has 1 aromatic carbocycles. The van der Waals surface area contributed by atoms with Gasteiger partial charge in [-0.25, -0.2) is 9.97 Å². The van der Waals surface area contributed by atoms with E-state index in [-0.39, 0.29) is 5.91 Å². The number of pyridine rings is 1. The largest absolute Gasteiger partial charge is 0.497 e. The van der Waals surface area contributed by atoms with Gasteiger partial charge in [0, 0.05) is 37.8 Å². The molecule has 10 heteroatoms. The van der Waals surface area contributed by atoms with E-state index in [0.717, 1.165) is 24.8 Å². The predicted molar refractivity (Wildman–Crippen MR) is 139 cm³/mol. The van der Waals surface area contributed by atoms with Crippen LogP contribution in [0.25, 0.3) is 11.0 Å². The second kappa shape index (κ2) is 11.9. The Bertz CT molecular complexity index is 1180. The van der Waals surface area contributed by atoms with Crippen molar-refractivity contribution in [1.82, 2.24) is 20.3 Å². The fourth-order valence-electron chi connectivity index (χ4n) is 3.70. The zero-order valence-corrected chi connectivity index (χ0v) is 21.6. The van der Waals surface area contributed by atoms with E-state index in [0.29, 0.717) is 52.4 Å². The van der Waals surface area contributed by atoms with Crippen LogP contribution in [0.3, 0.4) is 0 Å². The number of fused-ring (bicyclic) bond motifs is 1. The van der Waals surface area contributed by atoms with Crippen molar-refractivity contribution in [2.24, 2.45) is 0 Å². The van der Waals surface area contributed by atoms with E-state index in [2.05, 4.69) is 39.8 Å². The highest BCUT2D eigenvalue weighted by molar-refractivity contribution is 6.31. The van der Waals surface area contributed by atoms with Crippen LogP contribution < -0.4 is 25.4 Å². The number of methoxy groups -OCH3 is 2. The molecule has 0 bridgehead atoms. The lowest BCUT2D eigenvalue weighted by Gasteiger charge is -2.32. The van der Waals surface area contributed by atoms with Crippen molar-refractivity contribution in [3.63, 3.8) is 0 Å². The lowest BCUT2D eigenvalue weighted by atomic mass is 9.94. The van der Waals surface area contributed by atoms with Crippen molar-refractivity contribution in [1.29, 1.82) is 0 Å². The summed E-state index contributed by atoms with van der Waals surface area (Å²) in [5, 5.41) is 10.2. The zero-order valence-electron chi connectivity index (χ0n) is 20.9. The van der Waals surface area contributed by atoms with E-state index >= 15 is 0 Å². The summed E-state index contributed by atoms with van der Waals surface area (Å²) in [4.78, 5) is 25.5. The number of carbonyl (C=O) groups excluding carboxylic acids is 1. The summed E-state index contributed by atoms with van der Waals surface area (Å²) in [7, 11) is 3.23. The summed E-state index contributed by atoms with van der Waals surface area (Å²) in [6, 6.07) is 7.39. The van der Waals surface area contributed by atoms with E-state index in [1.54, 1.807) is 26.5 Å². The average Bonchev–Trinajstić information content (AvgIpc) is 2.84. The maximum atomic E-state index is 11.6. The first-order valence-electron chi connectivity index (χ1n) is 11.6. The molecule has 0 saturated carbocycles. The van der Waals surface area contributed by atoms with Gasteiger partial charge in [0.25, 0.3) is 0 Å². The molecule has 0 radical (unpaired) electrons. The number of anilines is 2. The van der Waals surface area contributed by atoms with Crippen LogP contribution in [-0.4, -0.2) is 47.2 Å². The predicted octanol–water partition coefficient (Wildman–Crippen LogP) is 4.80. The second-order valence-corrected chi connectivity index (χ2v) is 9.08. The molecule has 35 heavy (non-hydrogen) atoms. The Morgan fingerprint density at radius 3 is 2.66 bits per heavy atom. The van der Waals surface area contributed by atoms with Crippen molar-refractivity contribution in [2.75, 3.05) is 31.4 Å². The topological polar surface area (TPSA) is 110 Å². The number of nitrogens with one attached hydrogen (secondary N) is 3. The van der Waals surface area contributed by atoms with Crippen LogP contribution in [0.2, 0.25) is 5.02 Å². The molecule has 3 rings (SSSR count). The molecule has 0 aliphatic heterocycles. The Morgan fingerprint density at radius 1 is 1.17 bits per heavy atom. The van der Waals surface area contributed by atoms with Crippen molar-refractivity contribution in [3.05, 3.63) is 41.0 Å². The first kappa shape index (κ1) is 26.3. The minimum atomic E-state index is -0.430. The molecule has 0 saturated heterocycles. The SMILES string of the molecule is CCCC[C@](C)(CNC(C)=O)Nc1nc(NCc2ccc(OC)cc2OC)nc2cc(Cl)cnc12. The number of hydrogen-bond acceptors (Lipinski definition) is 8. The van der Waals surface area contributed by atoms with Crippen molar-refractivity contribution >= 4 is 40.3 Å². The van der Waals surface area contributed by atoms with Crippen molar-refractivity contribution in [2.45, 2.75) is 52.1 Å². The molecule has 0 aliphatic carbocycles. The van der Waals surface area contributed by atoms with Crippen LogP contribution in [0.1, 0.15) is 45.6 Å². The second-order valence-electron chi connectivity index (χ2n) is 8.65. The van der Waals surface area contributed by atoms with Crippen molar-refractivity contribution in [3.8, 4) is 11.5 Å². The van der Waals surface area contributed by atoms with E-state index in [4.69, 9.17) is 26.1 Å². The molecule has 2 aromatic heterocycles. The lowest BCUT2D eigenvalue weighted by molar-refractivity contribution is -0.119. The maximum Gasteiger partial charge on any atom is 0.225 e. The van der Waals surface area contributed by atoms with Gasteiger partial charge >= 0.3 is 0 Å². The van der Waals surface area contributed by atoms with Gasteiger partial charge in [0.2, 0.25) is 11.9 Å². The van der Waals surface area contributed by atoms with Crippen LogP contribution in [0.15, 0.2) is 30.5 Å². The normalized spacial score (nSPS) is 12.6. The van der Waals surface area contributed by atoms with Gasteiger partial charge < -0.3 is 25.4 Å². The number of carbonyl (C=O) groups is 1. The number of rotatable bonds is 12. The third-order valence-corrected chi connectivity index (χ3v) is 5.87. The van der Waals surface area contributed by atoms with Crippen LogP contribution in [0.5, 0.6) is 11.5 Å². The number of unbranched alkanes of at least 4 members (excludes halogenated alkanes) is 1. The third kappa shape index (κ3) is 7.08. The summed E-state index contributed by atoms with van der Waals surface area (Å²) < 4.78 is 10.8.